The van der Waals surface area contributed by atoms with Gasteiger partial charge in [-0.3, -0.25) is 14.4 Å². The van der Waals surface area contributed by atoms with Crippen molar-refractivity contribution >= 4 is 40.8 Å². The molecule has 5 rings (SSSR count). The van der Waals surface area contributed by atoms with Crippen LogP contribution in [0, 0.1) is 0 Å². The van der Waals surface area contributed by atoms with Crippen molar-refractivity contribution in [1.29, 1.82) is 0 Å². The van der Waals surface area contributed by atoms with E-state index in [4.69, 9.17) is 21.0 Å². The summed E-state index contributed by atoms with van der Waals surface area (Å²) in [5.41, 5.74) is 18.5. The van der Waals surface area contributed by atoms with Crippen LogP contribution in [0.2, 0.25) is 0 Å². The summed E-state index contributed by atoms with van der Waals surface area (Å²) in [6, 6.07) is 18.2. The van der Waals surface area contributed by atoms with Crippen LogP contribution in [-0.4, -0.2) is 29.3 Å². The summed E-state index contributed by atoms with van der Waals surface area (Å²) in [5, 5.41) is 4.30. The van der Waals surface area contributed by atoms with Gasteiger partial charge in [-0.05, 0) is 65.6 Å². The Bertz CT molecular complexity index is 1460. The van der Waals surface area contributed by atoms with Crippen molar-refractivity contribution in [3.63, 3.8) is 0 Å². The molecule has 0 radical (unpaired) electrons. The van der Waals surface area contributed by atoms with Gasteiger partial charge in [0.2, 0.25) is 0 Å². The molecule has 3 aromatic rings. The molecule has 0 atom stereocenters. The van der Waals surface area contributed by atoms with Crippen molar-refractivity contribution in [2.24, 2.45) is 10.7 Å². The zero-order valence-corrected chi connectivity index (χ0v) is 21.8. The average Bonchev–Trinajstić information content (AvgIpc) is 3.32. The predicted octanol–water partition coefficient (Wildman–Crippen LogP) is 4.70. The van der Waals surface area contributed by atoms with Gasteiger partial charge >= 0.3 is 0 Å². The van der Waals surface area contributed by atoms with Gasteiger partial charge in [0.1, 0.15) is 12.4 Å². The molecule has 5 N–H and O–H groups in total. The molecule has 0 unspecified atom stereocenters. The monoisotopic (exact) mass is 525 g/mol. The number of fused-ring (bicyclic) bond motifs is 2. The van der Waals surface area contributed by atoms with Gasteiger partial charge in [-0.2, -0.15) is 0 Å². The van der Waals surface area contributed by atoms with Crippen LogP contribution in [0.1, 0.15) is 52.4 Å². The number of hydrogen-bond acceptors (Lipinski definition) is 7. The zero-order chi connectivity index (χ0) is 27.4. The number of aliphatic imine (C=N–C) groups is 1. The molecular formula is C30H31N5O4. The number of carbonyl (C=O) groups excluding carboxylic acids is 2. The Morgan fingerprint density at radius 3 is 2.62 bits per heavy atom. The summed E-state index contributed by atoms with van der Waals surface area (Å²) in [4.78, 5) is 36.8. The number of nitrogens with zero attached hydrogens (tertiary/aromatic N) is 2. The molecule has 0 spiro atoms. The van der Waals surface area contributed by atoms with E-state index in [1.807, 2.05) is 37.3 Å². The van der Waals surface area contributed by atoms with Gasteiger partial charge in [0.15, 0.2) is 0 Å². The van der Waals surface area contributed by atoms with E-state index in [0.717, 1.165) is 23.1 Å². The van der Waals surface area contributed by atoms with Crippen LogP contribution in [0.15, 0.2) is 71.2 Å². The maximum Gasteiger partial charge on any atom is 0.273 e. The molecule has 0 saturated carbocycles. The zero-order valence-electron chi connectivity index (χ0n) is 21.8. The van der Waals surface area contributed by atoms with Crippen LogP contribution < -0.4 is 16.8 Å². The number of ether oxygens (including phenoxy) is 1. The Morgan fingerprint density at radius 1 is 1.03 bits per heavy atom. The third kappa shape index (κ3) is 6.17. The molecule has 2 heterocycles. The van der Waals surface area contributed by atoms with Crippen molar-refractivity contribution in [2.75, 3.05) is 17.6 Å². The first-order valence-corrected chi connectivity index (χ1v) is 12.9. The van der Waals surface area contributed by atoms with Crippen LogP contribution in [0.25, 0.3) is 6.08 Å². The third-order valence-electron chi connectivity index (χ3n) is 6.53. The largest absolute Gasteiger partial charge is 0.399 e. The first kappa shape index (κ1) is 26.1. The lowest BCUT2D eigenvalue weighted by molar-refractivity contribution is -0.187. The molecule has 0 bridgehead atoms. The van der Waals surface area contributed by atoms with Gasteiger partial charge in [0.25, 0.3) is 11.8 Å². The molecule has 3 aromatic carbocycles. The van der Waals surface area contributed by atoms with Gasteiger partial charge in [0, 0.05) is 41.0 Å². The van der Waals surface area contributed by atoms with Crippen molar-refractivity contribution in [3.05, 3.63) is 94.1 Å². The lowest BCUT2D eigenvalue weighted by Crippen LogP contribution is -2.34. The van der Waals surface area contributed by atoms with E-state index < -0.39 is 0 Å². The first-order chi connectivity index (χ1) is 18.9. The third-order valence-corrected chi connectivity index (χ3v) is 6.53. The molecule has 9 heteroatoms. The summed E-state index contributed by atoms with van der Waals surface area (Å²) in [6.07, 6.45) is 2.65. The predicted molar refractivity (Wildman–Crippen MR) is 151 cm³/mol. The average molecular weight is 526 g/mol. The number of hydrogen-bond donors (Lipinski definition) is 3. The maximum absolute atomic E-state index is 13.5. The molecule has 2 amide bonds. The van der Waals surface area contributed by atoms with Gasteiger partial charge in [-0.25, -0.2) is 10.1 Å². The summed E-state index contributed by atoms with van der Waals surface area (Å²) in [5.74, 6) is -0.264. The second-order valence-corrected chi connectivity index (χ2v) is 9.58. The number of benzene rings is 3. The number of nitrogens with two attached hydrogens (primary N) is 2. The fraction of sp³-hybridized carbons (Fsp3) is 0.233. The van der Waals surface area contributed by atoms with Gasteiger partial charge in [-0.15, -0.1) is 0 Å². The Hall–Kier alpha value is -4.47. The second-order valence-electron chi connectivity index (χ2n) is 9.58. The lowest BCUT2D eigenvalue weighted by atomic mass is 10.0. The van der Waals surface area contributed by atoms with E-state index in [-0.39, 0.29) is 30.7 Å². The summed E-state index contributed by atoms with van der Waals surface area (Å²) in [7, 11) is 0. The van der Waals surface area contributed by atoms with E-state index in [1.54, 1.807) is 36.4 Å². The van der Waals surface area contributed by atoms with Crippen molar-refractivity contribution in [2.45, 2.75) is 39.6 Å². The normalized spacial score (nSPS) is 14.0. The van der Waals surface area contributed by atoms with E-state index in [1.165, 1.54) is 5.06 Å². The topological polar surface area (TPSA) is 132 Å². The van der Waals surface area contributed by atoms with Crippen LogP contribution in [0.5, 0.6) is 0 Å². The lowest BCUT2D eigenvalue weighted by Gasteiger charge is -2.22. The smallest absolute Gasteiger partial charge is 0.273 e. The highest BCUT2D eigenvalue weighted by Gasteiger charge is 2.23. The molecule has 39 heavy (non-hydrogen) atoms. The Labute approximate surface area is 227 Å². The summed E-state index contributed by atoms with van der Waals surface area (Å²) in [6.45, 7) is 3.76. The minimum Gasteiger partial charge on any atom is -0.399 e. The second kappa shape index (κ2) is 11.5. The number of nitrogens with one attached hydrogen (secondary N) is 1. The molecule has 0 aromatic heterocycles. The Kier molecular flexibility index (Phi) is 7.72. The number of amidine groups is 1. The summed E-state index contributed by atoms with van der Waals surface area (Å²) >= 11 is 0. The van der Waals surface area contributed by atoms with E-state index in [0.29, 0.717) is 53.5 Å². The number of hydroxylamine groups is 2. The molecule has 2 aliphatic rings. The SMILES string of the molecule is CCCN(OCc1ccc(N)cc1)C(=O)C1=Cc2ccc(C(=O)Nc3ccc4c(c3)COC4)cc2N=C(N)C1. The van der Waals surface area contributed by atoms with Gasteiger partial charge in [0.05, 0.1) is 18.9 Å². The van der Waals surface area contributed by atoms with Gasteiger partial charge < -0.3 is 21.5 Å². The highest BCUT2D eigenvalue weighted by molar-refractivity contribution is 6.07. The Morgan fingerprint density at radius 2 is 1.82 bits per heavy atom. The highest BCUT2D eigenvalue weighted by Crippen LogP contribution is 2.29. The molecule has 0 fully saturated rings. The maximum atomic E-state index is 13.5. The van der Waals surface area contributed by atoms with E-state index in [9.17, 15) is 9.59 Å². The van der Waals surface area contributed by atoms with Crippen molar-refractivity contribution in [1.82, 2.24) is 5.06 Å². The van der Waals surface area contributed by atoms with Gasteiger partial charge in [-0.1, -0.05) is 31.2 Å². The number of rotatable bonds is 8. The molecule has 2 aliphatic heterocycles. The molecular weight excluding hydrogens is 494 g/mol. The number of amides is 2. The fourth-order valence-electron chi connectivity index (χ4n) is 4.48. The highest BCUT2D eigenvalue weighted by atomic mass is 16.7. The van der Waals surface area contributed by atoms with E-state index >= 15 is 0 Å². The van der Waals surface area contributed by atoms with Crippen LogP contribution in [0.3, 0.4) is 0 Å². The Balaban J connectivity index is 1.33. The standard InChI is InChI=1S/C30H31N5O4/c1-2-11-35(39-16-19-3-8-25(31)9-4-19)30(37)23-12-20-5-6-21(14-27(20)34-28(32)15-23)29(36)33-26-10-7-22-17-38-18-24(22)13-26/h3-10,12-14H,2,11,15-18,31H2,1H3,(H2,32,34)(H,33,36). The number of anilines is 2. The number of carbonyl (C=O) groups is 2. The molecule has 200 valence electrons. The van der Waals surface area contributed by atoms with Crippen LogP contribution >= 0.6 is 0 Å². The molecule has 0 saturated heterocycles. The van der Waals surface area contributed by atoms with Crippen molar-refractivity contribution in [3.8, 4) is 0 Å². The van der Waals surface area contributed by atoms with Crippen LogP contribution in [-0.2, 0) is 34.2 Å². The minimum absolute atomic E-state index is 0.164. The van der Waals surface area contributed by atoms with E-state index in [2.05, 4.69) is 10.3 Å². The summed E-state index contributed by atoms with van der Waals surface area (Å²) < 4.78 is 5.45. The van der Waals surface area contributed by atoms with Crippen LogP contribution in [0.4, 0.5) is 17.1 Å². The first-order valence-electron chi connectivity index (χ1n) is 12.9. The molecule has 0 aliphatic carbocycles. The molecule has 9 nitrogen and oxygen atoms in total. The minimum atomic E-state index is -0.277. The number of nitrogen functional groups attached to an aromatic ring is 1. The quantitative estimate of drug-likeness (QED) is 0.289. The van der Waals surface area contributed by atoms with Crippen molar-refractivity contribution < 1.29 is 19.2 Å². The fourth-order valence-corrected chi connectivity index (χ4v) is 4.48.